The van der Waals surface area contributed by atoms with Gasteiger partial charge in [-0.1, -0.05) is 18.0 Å². The zero-order valence-corrected chi connectivity index (χ0v) is 6.10. The Bertz CT molecular complexity index is 147. The van der Waals surface area contributed by atoms with Crippen LogP contribution >= 0.6 is 0 Å². The highest BCUT2D eigenvalue weighted by Gasteiger charge is 2.24. The Labute approximate surface area is 61.2 Å². The average Bonchev–Trinajstić information content (AvgIpc) is 2.59. The molecule has 1 fully saturated rings. The molecule has 0 aromatic carbocycles. The van der Waals surface area contributed by atoms with Gasteiger partial charge in [0.2, 0.25) is 0 Å². The van der Waals surface area contributed by atoms with E-state index in [0.29, 0.717) is 0 Å². The third-order valence-corrected chi connectivity index (χ3v) is 2.22. The highest BCUT2D eigenvalue weighted by Crippen LogP contribution is 2.30. The number of rotatable bonds is 1. The van der Waals surface area contributed by atoms with Gasteiger partial charge >= 0.3 is 0 Å². The van der Waals surface area contributed by atoms with Crippen LogP contribution in [0.15, 0.2) is 5.16 Å². The second kappa shape index (κ2) is 2.60. The fraction of sp³-hybridized carbons (Fsp3) is 0.750. The quantitative estimate of drug-likeness (QED) is 0.542. The molecule has 0 unspecified atom stereocenters. The maximum atomic E-state index is 4.94. The lowest BCUT2D eigenvalue weighted by atomic mass is 10.0. The van der Waals surface area contributed by atoms with E-state index in [1.165, 1.54) is 31.4 Å². The number of hydrogen-bond acceptors (Lipinski definition) is 2. The van der Waals surface area contributed by atoms with E-state index in [1.54, 1.807) is 5.92 Å². The van der Waals surface area contributed by atoms with Crippen LogP contribution in [0.3, 0.4) is 0 Å². The zero-order valence-electron chi connectivity index (χ0n) is 6.10. The highest BCUT2D eigenvalue weighted by atomic mass is 16.6. The van der Waals surface area contributed by atoms with Crippen LogP contribution in [0.4, 0.5) is 0 Å². The Kier molecular flexibility index (Phi) is 1.61. The smallest absolute Gasteiger partial charge is 0.122 e. The average molecular weight is 138 g/mol. The predicted octanol–water partition coefficient (Wildman–Crippen LogP) is 1.91. The monoisotopic (exact) mass is 138 g/mol. The lowest BCUT2D eigenvalue weighted by Crippen LogP contribution is -2.05. The van der Waals surface area contributed by atoms with Crippen LogP contribution in [0.5, 0.6) is 0 Å². The first-order chi connectivity index (χ1) is 4.97. The molecule has 2 rings (SSSR count). The second-order valence-electron chi connectivity index (χ2n) is 2.93. The van der Waals surface area contributed by atoms with Crippen LogP contribution in [0.25, 0.3) is 0 Å². The van der Waals surface area contributed by atoms with Crippen molar-refractivity contribution in [1.29, 1.82) is 0 Å². The Hall–Kier alpha value is -0.530. The molecule has 55 valence electrons. The van der Waals surface area contributed by atoms with Crippen LogP contribution in [-0.4, -0.2) is 12.3 Å². The van der Waals surface area contributed by atoms with Gasteiger partial charge in [0.05, 0.1) is 5.71 Å². The molecule has 0 atom stereocenters. The molecule has 2 heteroatoms. The van der Waals surface area contributed by atoms with Crippen molar-refractivity contribution in [2.24, 2.45) is 5.16 Å². The summed E-state index contributed by atoms with van der Waals surface area (Å²) in [6.07, 6.45) is 6.29. The molecule has 2 aliphatic rings. The molecule has 0 aromatic heterocycles. The van der Waals surface area contributed by atoms with Crippen molar-refractivity contribution in [3.05, 3.63) is 5.92 Å². The molecule has 10 heavy (non-hydrogen) atoms. The van der Waals surface area contributed by atoms with Crippen molar-refractivity contribution >= 4 is 5.71 Å². The van der Waals surface area contributed by atoms with E-state index in [-0.39, 0.29) is 0 Å². The molecule has 0 N–H and O–H groups in total. The molecular weight excluding hydrogens is 126 g/mol. The van der Waals surface area contributed by atoms with Gasteiger partial charge in [0, 0.05) is 12.3 Å². The van der Waals surface area contributed by atoms with Gasteiger partial charge in [-0.25, -0.2) is 0 Å². The largest absolute Gasteiger partial charge is 0.395 e. The molecule has 0 aromatic rings. The molecule has 1 saturated carbocycles. The molecule has 0 saturated heterocycles. The Morgan fingerprint density at radius 3 is 2.50 bits per heavy atom. The van der Waals surface area contributed by atoms with E-state index in [4.69, 9.17) is 4.84 Å². The first-order valence-corrected chi connectivity index (χ1v) is 4.01. The highest BCUT2D eigenvalue weighted by molar-refractivity contribution is 5.97. The number of hydrogen-bond donors (Lipinski definition) is 0. The van der Waals surface area contributed by atoms with Gasteiger partial charge in [-0.2, -0.15) is 0 Å². The van der Waals surface area contributed by atoms with E-state index < -0.39 is 0 Å². The van der Waals surface area contributed by atoms with Crippen LogP contribution < -0.4 is 0 Å². The van der Waals surface area contributed by atoms with Gasteiger partial charge in [-0.3, -0.25) is 0 Å². The molecule has 1 radical (unpaired) electrons. The normalized spacial score (nSPS) is 26.6. The lowest BCUT2D eigenvalue weighted by Gasteiger charge is -2.03. The Morgan fingerprint density at radius 2 is 1.90 bits per heavy atom. The molecule has 0 spiro atoms. The topological polar surface area (TPSA) is 21.6 Å². The first kappa shape index (κ1) is 6.20. The number of nitrogens with zero attached hydrogens (tertiary/aromatic N) is 1. The molecular formula is C8H12NO. The summed E-state index contributed by atoms with van der Waals surface area (Å²) >= 11 is 0. The summed E-state index contributed by atoms with van der Waals surface area (Å²) in [5, 5.41) is 4.00. The SMILES string of the molecule is C1CC[C](C2=NOCC2)C1. The van der Waals surface area contributed by atoms with Gasteiger partial charge in [0.15, 0.2) is 0 Å². The minimum absolute atomic E-state index is 0.804. The predicted molar refractivity (Wildman–Crippen MR) is 39.7 cm³/mol. The third-order valence-electron chi connectivity index (χ3n) is 2.22. The summed E-state index contributed by atoms with van der Waals surface area (Å²) < 4.78 is 0. The summed E-state index contributed by atoms with van der Waals surface area (Å²) in [5.74, 6) is 1.55. The van der Waals surface area contributed by atoms with E-state index in [0.717, 1.165) is 13.0 Å². The molecule has 0 amide bonds. The van der Waals surface area contributed by atoms with Crippen molar-refractivity contribution in [2.75, 3.05) is 6.61 Å². The van der Waals surface area contributed by atoms with E-state index in [1.807, 2.05) is 0 Å². The van der Waals surface area contributed by atoms with E-state index >= 15 is 0 Å². The fourth-order valence-corrected chi connectivity index (χ4v) is 1.64. The molecule has 0 bridgehead atoms. The summed E-state index contributed by atoms with van der Waals surface area (Å²) in [6.45, 7) is 0.804. The second-order valence-corrected chi connectivity index (χ2v) is 2.93. The van der Waals surface area contributed by atoms with Gasteiger partial charge in [-0.15, -0.1) is 0 Å². The summed E-state index contributed by atoms with van der Waals surface area (Å²) in [6, 6.07) is 0. The standard InChI is InChI=1S/C8H12NO/c1-2-4-7(3-1)8-5-6-10-9-8/h1-6H2. The van der Waals surface area contributed by atoms with Crippen LogP contribution in [0.2, 0.25) is 0 Å². The Morgan fingerprint density at radius 1 is 1.10 bits per heavy atom. The molecule has 2 nitrogen and oxygen atoms in total. The summed E-state index contributed by atoms with van der Waals surface area (Å²) in [4.78, 5) is 4.94. The maximum absolute atomic E-state index is 4.94. The minimum atomic E-state index is 0.804. The van der Waals surface area contributed by atoms with Crippen molar-refractivity contribution in [3.63, 3.8) is 0 Å². The zero-order chi connectivity index (χ0) is 6.81. The van der Waals surface area contributed by atoms with Gasteiger partial charge in [0.1, 0.15) is 6.61 Å². The molecule has 1 aliphatic carbocycles. The van der Waals surface area contributed by atoms with Crippen molar-refractivity contribution in [1.82, 2.24) is 0 Å². The van der Waals surface area contributed by atoms with Crippen molar-refractivity contribution in [2.45, 2.75) is 32.1 Å². The van der Waals surface area contributed by atoms with E-state index in [2.05, 4.69) is 5.16 Å². The van der Waals surface area contributed by atoms with Gasteiger partial charge in [0.25, 0.3) is 0 Å². The summed E-state index contributed by atoms with van der Waals surface area (Å²) in [5.41, 5.74) is 1.25. The van der Waals surface area contributed by atoms with Crippen LogP contribution in [-0.2, 0) is 4.84 Å². The lowest BCUT2D eigenvalue weighted by molar-refractivity contribution is 0.173. The minimum Gasteiger partial charge on any atom is -0.395 e. The van der Waals surface area contributed by atoms with Crippen molar-refractivity contribution in [3.8, 4) is 0 Å². The first-order valence-electron chi connectivity index (χ1n) is 4.01. The van der Waals surface area contributed by atoms with Crippen LogP contribution in [0.1, 0.15) is 32.1 Å². The maximum Gasteiger partial charge on any atom is 0.122 e. The molecule has 1 heterocycles. The van der Waals surface area contributed by atoms with Gasteiger partial charge < -0.3 is 4.84 Å². The third kappa shape index (κ3) is 1.02. The van der Waals surface area contributed by atoms with Gasteiger partial charge in [-0.05, 0) is 12.8 Å². The van der Waals surface area contributed by atoms with Crippen molar-refractivity contribution < 1.29 is 4.84 Å². The van der Waals surface area contributed by atoms with E-state index in [9.17, 15) is 0 Å². The van der Waals surface area contributed by atoms with Crippen LogP contribution in [0, 0.1) is 5.92 Å². The Balaban J connectivity index is 1.97. The molecule has 1 aliphatic heterocycles. The fourth-order valence-electron chi connectivity index (χ4n) is 1.64. The number of oxime groups is 1. The summed E-state index contributed by atoms with van der Waals surface area (Å²) in [7, 11) is 0.